The van der Waals surface area contributed by atoms with Gasteiger partial charge in [0.25, 0.3) is 0 Å². The molecule has 0 atom stereocenters. The minimum Gasteiger partial charge on any atom is -0.455 e. The SMILES string of the molecule is c1ccc(-c2cc(-c3ccccc3)cc(-c3c4ccccc4c(-c4c(-c5cc6ccccc6c6ccccc56)oc5ccccc45)c4ccccc34)c2)cc1. The third-order valence-corrected chi connectivity index (χ3v) is 11.2. The van der Waals surface area contributed by atoms with Gasteiger partial charge in [-0.25, -0.2) is 0 Å². The fourth-order valence-electron chi connectivity index (χ4n) is 8.80. The molecule has 0 fully saturated rings. The van der Waals surface area contributed by atoms with Crippen molar-refractivity contribution in [2.75, 3.05) is 0 Å². The van der Waals surface area contributed by atoms with Crippen molar-refractivity contribution in [3.8, 4) is 55.8 Å². The Balaban J connectivity index is 1.26. The molecule has 0 aliphatic rings. The number of furan rings is 1. The van der Waals surface area contributed by atoms with Crippen molar-refractivity contribution < 1.29 is 4.42 Å². The van der Waals surface area contributed by atoms with Gasteiger partial charge < -0.3 is 4.42 Å². The molecule has 1 nitrogen and oxygen atoms in total. The van der Waals surface area contributed by atoms with E-state index in [0.717, 1.165) is 27.9 Å². The maximum atomic E-state index is 7.04. The van der Waals surface area contributed by atoms with Crippen LogP contribution in [0.5, 0.6) is 0 Å². The zero-order valence-corrected chi connectivity index (χ0v) is 30.0. The van der Waals surface area contributed by atoms with Crippen molar-refractivity contribution in [3.63, 3.8) is 0 Å². The minimum absolute atomic E-state index is 0.880. The highest BCUT2D eigenvalue weighted by Crippen LogP contribution is 2.51. The maximum absolute atomic E-state index is 7.04. The minimum atomic E-state index is 0.880. The van der Waals surface area contributed by atoms with Crippen molar-refractivity contribution in [1.82, 2.24) is 0 Å². The highest BCUT2D eigenvalue weighted by Gasteiger charge is 2.25. The second-order valence-corrected chi connectivity index (χ2v) is 14.4. The molecule has 0 aliphatic heterocycles. The summed E-state index contributed by atoms with van der Waals surface area (Å²) in [6, 6.07) is 74.7. The van der Waals surface area contributed by atoms with Crippen LogP contribution in [-0.2, 0) is 0 Å². The van der Waals surface area contributed by atoms with Gasteiger partial charge in [0, 0.05) is 22.1 Å². The summed E-state index contributed by atoms with van der Waals surface area (Å²) in [5, 5.41) is 10.8. The molecule has 1 heterocycles. The molecule has 0 saturated heterocycles. The van der Waals surface area contributed by atoms with Crippen LogP contribution in [0.25, 0.3) is 110 Å². The molecule has 11 aromatic rings. The lowest BCUT2D eigenvalue weighted by molar-refractivity contribution is 0.633. The van der Waals surface area contributed by atoms with Crippen LogP contribution in [0.15, 0.2) is 211 Å². The van der Waals surface area contributed by atoms with Crippen LogP contribution in [0, 0.1) is 0 Å². The number of para-hydroxylation sites is 1. The lowest BCUT2D eigenvalue weighted by Gasteiger charge is -2.19. The van der Waals surface area contributed by atoms with Gasteiger partial charge in [-0.1, -0.05) is 176 Å². The molecule has 11 rings (SSSR count). The van der Waals surface area contributed by atoms with Crippen LogP contribution in [0.3, 0.4) is 0 Å². The largest absolute Gasteiger partial charge is 0.455 e. The average Bonchev–Trinajstić information content (AvgIpc) is 3.64. The molecule has 0 N–H and O–H groups in total. The van der Waals surface area contributed by atoms with Gasteiger partial charge >= 0.3 is 0 Å². The molecule has 1 aromatic heterocycles. The van der Waals surface area contributed by atoms with E-state index in [4.69, 9.17) is 4.42 Å². The zero-order chi connectivity index (χ0) is 36.3. The van der Waals surface area contributed by atoms with Crippen molar-refractivity contribution in [2.45, 2.75) is 0 Å². The lowest BCUT2D eigenvalue weighted by Crippen LogP contribution is -1.93. The monoisotopic (exact) mass is 698 g/mol. The van der Waals surface area contributed by atoms with E-state index in [-0.39, 0.29) is 0 Å². The van der Waals surface area contributed by atoms with Crippen molar-refractivity contribution in [3.05, 3.63) is 206 Å². The van der Waals surface area contributed by atoms with Crippen molar-refractivity contribution in [1.29, 1.82) is 0 Å². The number of rotatable bonds is 5. The van der Waals surface area contributed by atoms with Crippen LogP contribution < -0.4 is 0 Å². The first kappa shape index (κ1) is 31.3. The summed E-state index contributed by atoms with van der Waals surface area (Å²) in [5.74, 6) is 0.892. The highest BCUT2D eigenvalue weighted by atomic mass is 16.3. The summed E-state index contributed by atoms with van der Waals surface area (Å²) >= 11 is 0. The first-order valence-electron chi connectivity index (χ1n) is 18.9. The summed E-state index contributed by atoms with van der Waals surface area (Å²) < 4.78 is 7.04. The fourth-order valence-corrected chi connectivity index (χ4v) is 8.80. The predicted molar refractivity (Wildman–Crippen MR) is 233 cm³/mol. The third kappa shape index (κ3) is 5.09. The summed E-state index contributed by atoms with van der Waals surface area (Å²) in [6.45, 7) is 0. The Hall–Kier alpha value is -7.22. The van der Waals surface area contributed by atoms with E-state index < -0.39 is 0 Å². The Kier molecular flexibility index (Phi) is 7.25. The van der Waals surface area contributed by atoms with Crippen LogP contribution in [0.4, 0.5) is 0 Å². The van der Waals surface area contributed by atoms with Gasteiger partial charge in [0.1, 0.15) is 11.3 Å². The van der Waals surface area contributed by atoms with Gasteiger partial charge in [-0.05, 0) is 107 Å². The molecule has 0 bridgehead atoms. The predicted octanol–water partition coefficient (Wildman–Crippen LogP) is 15.4. The molecule has 0 spiro atoms. The molecule has 256 valence electrons. The van der Waals surface area contributed by atoms with Crippen molar-refractivity contribution >= 4 is 54.1 Å². The summed E-state index contributed by atoms with van der Waals surface area (Å²) in [5.41, 5.74) is 11.5. The molecule has 0 amide bonds. The molecule has 0 aliphatic carbocycles. The second kappa shape index (κ2) is 12.7. The van der Waals surface area contributed by atoms with E-state index >= 15 is 0 Å². The van der Waals surface area contributed by atoms with Gasteiger partial charge in [0.05, 0.1) is 0 Å². The van der Waals surface area contributed by atoms with Gasteiger partial charge in [0.2, 0.25) is 0 Å². The number of hydrogen-bond donors (Lipinski definition) is 0. The lowest BCUT2D eigenvalue weighted by atomic mass is 9.83. The Morgan fingerprint density at radius 2 is 0.691 bits per heavy atom. The average molecular weight is 699 g/mol. The van der Waals surface area contributed by atoms with Crippen LogP contribution >= 0.6 is 0 Å². The van der Waals surface area contributed by atoms with E-state index in [1.165, 1.54) is 82.0 Å². The normalized spacial score (nSPS) is 11.6. The smallest absolute Gasteiger partial charge is 0.143 e. The molecule has 10 aromatic carbocycles. The van der Waals surface area contributed by atoms with E-state index in [1.54, 1.807) is 0 Å². The molecule has 0 unspecified atom stereocenters. The summed E-state index contributed by atoms with van der Waals surface area (Å²) in [7, 11) is 0. The number of hydrogen-bond acceptors (Lipinski definition) is 1. The standard InChI is InChI=1S/C54H34O/c1-3-17-35(18-4-1)38-31-39(36-19-5-2-6-20-36)33-40(32-38)51-44-25-11-13-27-46(44)52(47-28-14-12-26-45(47)51)53-48-29-15-16-30-50(48)55-54(53)49-34-37-21-7-8-22-41(37)42-23-9-10-24-43(42)49/h1-34H. The van der Waals surface area contributed by atoms with E-state index in [2.05, 4.69) is 206 Å². The molecular formula is C54H34O. The van der Waals surface area contributed by atoms with Gasteiger partial charge in [-0.3, -0.25) is 0 Å². The van der Waals surface area contributed by atoms with Gasteiger partial charge in [-0.15, -0.1) is 0 Å². The van der Waals surface area contributed by atoms with Gasteiger partial charge in [0.15, 0.2) is 0 Å². The Morgan fingerprint density at radius 3 is 1.29 bits per heavy atom. The second-order valence-electron chi connectivity index (χ2n) is 14.4. The number of fused-ring (bicyclic) bond motifs is 6. The first-order chi connectivity index (χ1) is 27.3. The molecule has 1 heteroatoms. The zero-order valence-electron chi connectivity index (χ0n) is 30.0. The quantitative estimate of drug-likeness (QED) is 0.129. The van der Waals surface area contributed by atoms with E-state index in [0.29, 0.717) is 0 Å². The summed E-state index contributed by atoms with van der Waals surface area (Å²) in [4.78, 5) is 0. The first-order valence-corrected chi connectivity index (χ1v) is 18.9. The Bertz CT molecular complexity index is 3130. The fraction of sp³-hybridized carbons (Fsp3) is 0. The van der Waals surface area contributed by atoms with Gasteiger partial charge in [-0.2, -0.15) is 0 Å². The molecular weight excluding hydrogens is 665 g/mol. The summed E-state index contributed by atoms with van der Waals surface area (Å²) in [6.07, 6.45) is 0. The van der Waals surface area contributed by atoms with E-state index in [1.807, 2.05) is 0 Å². The molecule has 0 radical (unpaired) electrons. The van der Waals surface area contributed by atoms with Crippen LogP contribution in [0.1, 0.15) is 0 Å². The van der Waals surface area contributed by atoms with Crippen LogP contribution in [-0.4, -0.2) is 0 Å². The molecule has 55 heavy (non-hydrogen) atoms. The van der Waals surface area contributed by atoms with Crippen molar-refractivity contribution in [2.24, 2.45) is 0 Å². The van der Waals surface area contributed by atoms with E-state index in [9.17, 15) is 0 Å². The van der Waals surface area contributed by atoms with Crippen LogP contribution in [0.2, 0.25) is 0 Å². The maximum Gasteiger partial charge on any atom is 0.143 e. The third-order valence-electron chi connectivity index (χ3n) is 11.2. The highest BCUT2D eigenvalue weighted by molar-refractivity contribution is 6.26. The molecule has 0 saturated carbocycles. The Morgan fingerprint density at radius 1 is 0.255 bits per heavy atom. The topological polar surface area (TPSA) is 13.1 Å². The Labute approximate surface area is 319 Å². The number of benzene rings is 10.